The van der Waals surface area contributed by atoms with Gasteiger partial charge in [-0.25, -0.2) is 0 Å². The van der Waals surface area contributed by atoms with Crippen LogP contribution in [0.15, 0.2) is 60.9 Å². The third-order valence-corrected chi connectivity index (χ3v) is 3.84. The highest BCUT2D eigenvalue weighted by Gasteiger charge is 2.16. The molecule has 0 bridgehead atoms. The van der Waals surface area contributed by atoms with Crippen molar-refractivity contribution in [2.24, 2.45) is 0 Å². The molecule has 0 aliphatic carbocycles. The number of morpholine rings is 1. The topological polar surface area (TPSA) is 37.4 Å². The molecule has 1 fully saturated rings. The van der Waals surface area contributed by atoms with E-state index in [1.165, 1.54) is 0 Å². The maximum absolute atomic E-state index is 5.52. The first-order valence-electron chi connectivity index (χ1n) is 7.64. The number of para-hydroxylation sites is 1. The van der Waals surface area contributed by atoms with Gasteiger partial charge in [-0.1, -0.05) is 30.4 Å². The van der Waals surface area contributed by atoms with Crippen LogP contribution in [0.2, 0.25) is 0 Å². The first kappa shape index (κ1) is 15.6. The lowest BCUT2D eigenvalue weighted by atomic mass is 10.1. The van der Waals surface area contributed by atoms with Crippen molar-refractivity contribution in [2.45, 2.75) is 0 Å². The molecule has 1 aliphatic rings. The molecule has 1 N–H and O–H groups in total. The number of nitrogens with one attached hydrogen (secondary N) is 1. The smallest absolute Gasteiger partial charge is 0.105 e. The minimum absolute atomic E-state index is 0.682. The number of rotatable bonds is 4. The average Bonchev–Trinajstić information content (AvgIpc) is 2.62. The summed E-state index contributed by atoms with van der Waals surface area (Å²) in [6.45, 7) is 3.18. The van der Waals surface area contributed by atoms with Gasteiger partial charge in [0.05, 0.1) is 13.2 Å². The van der Waals surface area contributed by atoms with Gasteiger partial charge >= 0.3 is 0 Å². The van der Waals surface area contributed by atoms with Crippen LogP contribution in [0.5, 0.6) is 0 Å². The molecule has 2 heterocycles. The number of thiocarbonyl (C=S) groups is 1. The molecule has 0 unspecified atom stereocenters. The Kier molecular flexibility index (Phi) is 5.34. The number of aromatic nitrogens is 1. The monoisotopic (exact) mass is 325 g/mol. The van der Waals surface area contributed by atoms with E-state index >= 15 is 0 Å². The lowest BCUT2D eigenvalue weighted by Gasteiger charge is -2.31. The Bertz CT molecular complexity index is 667. The zero-order valence-corrected chi connectivity index (χ0v) is 13.6. The minimum atomic E-state index is 0.682. The van der Waals surface area contributed by atoms with Crippen LogP contribution in [-0.4, -0.2) is 41.2 Å². The number of benzene rings is 1. The molecule has 0 amide bonds. The summed E-state index contributed by atoms with van der Waals surface area (Å²) in [7, 11) is 0. The molecule has 0 atom stereocenters. The second-order valence-corrected chi connectivity index (χ2v) is 5.67. The largest absolute Gasteiger partial charge is 0.378 e. The summed E-state index contributed by atoms with van der Waals surface area (Å²) in [6, 6.07) is 13.9. The van der Waals surface area contributed by atoms with E-state index in [9.17, 15) is 0 Å². The van der Waals surface area contributed by atoms with Crippen LogP contribution in [0.25, 0.3) is 5.70 Å². The summed E-state index contributed by atoms with van der Waals surface area (Å²) in [5.74, 6) is 0. The SMILES string of the molecule is S=C(C=C(c1cccnc1)N1CCOCC1)Nc1ccccc1. The molecule has 4 nitrogen and oxygen atoms in total. The van der Waals surface area contributed by atoms with E-state index in [1.54, 1.807) is 6.20 Å². The maximum atomic E-state index is 5.52. The number of anilines is 1. The van der Waals surface area contributed by atoms with Crippen molar-refractivity contribution >= 4 is 28.6 Å². The predicted molar refractivity (Wildman–Crippen MR) is 97.3 cm³/mol. The van der Waals surface area contributed by atoms with Crippen LogP contribution < -0.4 is 5.32 Å². The van der Waals surface area contributed by atoms with Gasteiger partial charge in [-0.05, 0) is 30.3 Å². The zero-order chi connectivity index (χ0) is 15.9. The molecule has 0 saturated carbocycles. The van der Waals surface area contributed by atoms with Gasteiger partial charge in [-0.2, -0.15) is 0 Å². The van der Waals surface area contributed by atoms with Gasteiger partial charge in [0.1, 0.15) is 4.99 Å². The van der Waals surface area contributed by atoms with Crippen LogP contribution in [0.1, 0.15) is 5.56 Å². The Labute approximate surface area is 141 Å². The van der Waals surface area contributed by atoms with Gasteiger partial charge < -0.3 is 15.0 Å². The summed E-state index contributed by atoms with van der Waals surface area (Å²) in [6.07, 6.45) is 5.65. The van der Waals surface area contributed by atoms with Crippen molar-refractivity contribution in [3.63, 3.8) is 0 Å². The van der Waals surface area contributed by atoms with Crippen LogP contribution in [-0.2, 0) is 4.74 Å². The lowest BCUT2D eigenvalue weighted by Crippen LogP contribution is -2.35. The summed E-state index contributed by atoms with van der Waals surface area (Å²) >= 11 is 5.52. The number of nitrogens with zero attached hydrogens (tertiary/aromatic N) is 2. The molecule has 1 saturated heterocycles. The van der Waals surface area contributed by atoms with E-state index in [1.807, 2.05) is 48.7 Å². The Morgan fingerprint density at radius 2 is 1.91 bits per heavy atom. The van der Waals surface area contributed by atoms with Crippen molar-refractivity contribution in [1.82, 2.24) is 9.88 Å². The van der Waals surface area contributed by atoms with Crippen molar-refractivity contribution < 1.29 is 4.74 Å². The molecule has 1 aliphatic heterocycles. The fourth-order valence-electron chi connectivity index (χ4n) is 2.50. The normalized spacial score (nSPS) is 15.3. The fraction of sp³-hybridized carbons (Fsp3) is 0.222. The van der Waals surface area contributed by atoms with Gasteiger partial charge in [-0.15, -0.1) is 0 Å². The first-order valence-corrected chi connectivity index (χ1v) is 8.04. The molecule has 1 aromatic heterocycles. The summed E-state index contributed by atoms with van der Waals surface area (Å²) in [4.78, 5) is 7.20. The lowest BCUT2D eigenvalue weighted by molar-refractivity contribution is 0.0640. The minimum Gasteiger partial charge on any atom is -0.378 e. The number of hydrogen-bond donors (Lipinski definition) is 1. The van der Waals surface area contributed by atoms with Crippen LogP contribution in [0.4, 0.5) is 5.69 Å². The van der Waals surface area contributed by atoms with Gasteiger partial charge in [0.15, 0.2) is 0 Å². The zero-order valence-electron chi connectivity index (χ0n) is 12.8. The molecule has 0 radical (unpaired) electrons. The Balaban J connectivity index is 1.83. The molecule has 23 heavy (non-hydrogen) atoms. The molecule has 2 aromatic rings. The van der Waals surface area contributed by atoms with E-state index in [0.717, 1.165) is 43.3 Å². The molecular weight excluding hydrogens is 306 g/mol. The third-order valence-electron chi connectivity index (χ3n) is 3.62. The van der Waals surface area contributed by atoms with Gasteiger partial charge in [-0.3, -0.25) is 4.98 Å². The molecule has 0 spiro atoms. The van der Waals surface area contributed by atoms with Crippen LogP contribution in [0.3, 0.4) is 0 Å². The highest BCUT2D eigenvalue weighted by molar-refractivity contribution is 7.81. The number of pyridine rings is 1. The van der Waals surface area contributed by atoms with Crippen LogP contribution in [0, 0.1) is 0 Å². The molecule has 5 heteroatoms. The van der Waals surface area contributed by atoms with E-state index in [-0.39, 0.29) is 0 Å². The van der Waals surface area contributed by atoms with Gasteiger partial charge in [0.25, 0.3) is 0 Å². The van der Waals surface area contributed by atoms with E-state index in [0.29, 0.717) is 4.99 Å². The molecular formula is C18H19N3OS. The molecule has 1 aromatic carbocycles. The third kappa shape index (κ3) is 4.37. The standard InChI is InChI=1S/C18H19N3OS/c23-18(20-16-6-2-1-3-7-16)13-17(15-5-4-8-19-14-15)21-9-11-22-12-10-21/h1-8,13-14H,9-12H2,(H,20,23). The predicted octanol–water partition coefficient (Wildman–Crippen LogP) is 3.19. The van der Waals surface area contributed by atoms with E-state index < -0.39 is 0 Å². The summed E-state index contributed by atoms with van der Waals surface area (Å²) in [5.41, 5.74) is 3.13. The fourth-order valence-corrected chi connectivity index (χ4v) is 2.73. The maximum Gasteiger partial charge on any atom is 0.105 e. The van der Waals surface area contributed by atoms with Crippen molar-refractivity contribution in [3.05, 3.63) is 66.5 Å². The molecule has 118 valence electrons. The highest BCUT2D eigenvalue weighted by Crippen LogP contribution is 2.20. The summed E-state index contributed by atoms with van der Waals surface area (Å²) in [5, 5.41) is 3.26. The molecule has 3 rings (SSSR count). The quantitative estimate of drug-likeness (QED) is 0.690. The van der Waals surface area contributed by atoms with E-state index in [4.69, 9.17) is 17.0 Å². The number of hydrogen-bond acceptors (Lipinski definition) is 4. The van der Waals surface area contributed by atoms with E-state index in [2.05, 4.69) is 21.3 Å². The van der Waals surface area contributed by atoms with Crippen molar-refractivity contribution in [1.29, 1.82) is 0 Å². The second kappa shape index (κ2) is 7.85. The van der Waals surface area contributed by atoms with Gasteiger partial charge in [0, 0.05) is 42.4 Å². The van der Waals surface area contributed by atoms with Gasteiger partial charge in [0.2, 0.25) is 0 Å². The van der Waals surface area contributed by atoms with Crippen LogP contribution >= 0.6 is 12.2 Å². The Morgan fingerprint density at radius 3 is 2.61 bits per heavy atom. The average molecular weight is 325 g/mol. The second-order valence-electron chi connectivity index (χ2n) is 5.23. The Morgan fingerprint density at radius 1 is 1.13 bits per heavy atom. The Hall–Kier alpha value is -2.24. The summed E-state index contributed by atoms with van der Waals surface area (Å²) < 4.78 is 5.45. The first-order chi connectivity index (χ1) is 11.3. The number of ether oxygens (including phenoxy) is 1. The van der Waals surface area contributed by atoms with Crippen molar-refractivity contribution in [2.75, 3.05) is 31.6 Å². The van der Waals surface area contributed by atoms with Crippen molar-refractivity contribution in [3.8, 4) is 0 Å². The highest BCUT2D eigenvalue weighted by atomic mass is 32.1.